The Morgan fingerprint density at radius 2 is 2.00 bits per heavy atom. The van der Waals surface area contributed by atoms with Gasteiger partial charge < -0.3 is 5.32 Å². The molecule has 2 rings (SSSR count). The molecule has 1 aromatic heterocycles. The maximum absolute atomic E-state index is 11.9. The van der Waals surface area contributed by atoms with Crippen LogP contribution in [0.15, 0.2) is 51.7 Å². The smallest absolute Gasteiger partial charge is 0.253 e. The van der Waals surface area contributed by atoms with Crippen LogP contribution in [0.1, 0.15) is 15.9 Å². The van der Waals surface area contributed by atoms with Gasteiger partial charge >= 0.3 is 0 Å². The highest BCUT2D eigenvalue weighted by Gasteiger charge is 2.07. The number of carbonyl (C=O) groups is 1. The Labute approximate surface area is 122 Å². The summed E-state index contributed by atoms with van der Waals surface area (Å²) in [6.07, 6.45) is 3.19. The van der Waals surface area contributed by atoms with Crippen molar-refractivity contribution in [3.63, 3.8) is 0 Å². The monoisotopic (exact) mass is 368 g/mol. The van der Waals surface area contributed by atoms with Crippen LogP contribution in [-0.2, 0) is 6.54 Å². The molecule has 0 aliphatic heterocycles. The van der Waals surface area contributed by atoms with Gasteiger partial charge in [-0.05, 0) is 33.6 Å². The first-order valence-electron chi connectivity index (χ1n) is 5.29. The summed E-state index contributed by atoms with van der Waals surface area (Å²) >= 11 is 6.73. The van der Waals surface area contributed by atoms with Crippen molar-refractivity contribution in [2.75, 3.05) is 0 Å². The van der Waals surface area contributed by atoms with E-state index in [1.54, 1.807) is 18.5 Å². The Hall–Kier alpha value is -1.20. The predicted molar refractivity (Wildman–Crippen MR) is 77.2 cm³/mol. The molecule has 1 aromatic carbocycles. The number of pyridine rings is 1. The number of carbonyl (C=O) groups excluding carboxylic acids is 1. The van der Waals surface area contributed by atoms with Gasteiger partial charge in [-0.15, -0.1) is 0 Å². The maximum atomic E-state index is 11.9. The van der Waals surface area contributed by atoms with Gasteiger partial charge in [-0.25, -0.2) is 0 Å². The summed E-state index contributed by atoms with van der Waals surface area (Å²) in [5.74, 6) is -0.139. The lowest BCUT2D eigenvalue weighted by Gasteiger charge is -2.07. The molecule has 0 fully saturated rings. The molecule has 18 heavy (non-hydrogen) atoms. The van der Waals surface area contributed by atoms with Crippen LogP contribution >= 0.6 is 31.9 Å². The minimum Gasteiger partial charge on any atom is -0.348 e. The summed E-state index contributed by atoms with van der Waals surface area (Å²) in [7, 11) is 0. The highest BCUT2D eigenvalue weighted by atomic mass is 79.9. The van der Waals surface area contributed by atoms with E-state index in [1.165, 1.54) is 0 Å². The molecule has 5 heteroatoms. The molecule has 1 heterocycles. The van der Waals surface area contributed by atoms with Gasteiger partial charge in [0.2, 0.25) is 0 Å². The lowest BCUT2D eigenvalue weighted by atomic mass is 10.2. The fourth-order valence-corrected chi connectivity index (χ4v) is 2.25. The fraction of sp³-hybridized carbons (Fsp3) is 0.0769. The van der Waals surface area contributed by atoms with Crippen molar-refractivity contribution >= 4 is 37.8 Å². The second kappa shape index (κ2) is 6.11. The summed E-state index contributed by atoms with van der Waals surface area (Å²) in [4.78, 5) is 15.9. The Morgan fingerprint density at radius 1 is 1.22 bits per heavy atom. The van der Waals surface area contributed by atoms with Gasteiger partial charge in [0, 0.05) is 27.9 Å². The molecule has 0 saturated carbocycles. The Morgan fingerprint density at radius 3 is 2.72 bits per heavy atom. The SMILES string of the molecule is O=C(NCc1ccccc1Br)c1cncc(Br)c1. The molecular formula is C13H10Br2N2O. The average Bonchev–Trinajstić information content (AvgIpc) is 2.37. The van der Waals surface area contributed by atoms with Crippen LogP contribution in [-0.4, -0.2) is 10.9 Å². The van der Waals surface area contributed by atoms with Crippen LogP contribution in [0, 0.1) is 0 Å². The van der Waals surface area contributed by atoms with Crippen LogP contribution in [0.4, 0.5) is 0 Å². The number of hydrogen-bond donors (Lipinski definition) is 1. The van der Waals surface area contributed by atoms with Gasteiger partial charge in [0.05, 0.1) is 5.56 Å². The van der Waals surface area contributed by atoms with Gasteiger partial charge in [-0.1, -0.05) is 34.1 Å². The molecule has 92 valence electrons. The van der Waals surface area contributed by atoms with Gasteiger partial charge in [0.1, 0.15) is 0 Å². The standard InChI is InChI=1S/C13H10Br2N2O/c14-11-5-10(6-16-8-11)13(18)17-7-9-3-1-2-4-12(9)15/h1-6,8H,7H2,(H,17,18). The van der Waals surface area contributed by atoms with E-state index in [2.05, 4.69) is 42.2 Å². The number of nitrogens with one attached hydrogen (secondary N) is 1. The highest BCUT2D eigenvalue weighted by molar-refractivity contribution is 9.10. The van der Waals surface area contributed by atoms with E-state index < -0.39 is 0 Å². The molecule has 0 bridgehead atoms. The fourth-order valence-electron chi connectivity index (χ4n) is 1.46. The van der Waals surface area contributed by atoms with Crippen molar-refractivity contribution in [3.8, 4) is 0 Å². The van der Waals surface area contributed by atoms with Crippen LogP contribution < -0.4 is 5.32 Å². The van der Waals surface area contributed by atoms with Gasteiger partial charge in [-0.3, -0.25) is 9.78 Å². The van der Waals surface area contributed by atoms with E-state index in [4.69, 9.17) is 0 Å². The van der Waals surface area contributed by atoms with E-state index in [9.17, 15) is 4.79 Å². The summed E-state index contributed by atoms with van der Waals surface area (Å²) in [6.45, 7) is 0.479. The van der Waals surface area contributed by atoms with Gasteiger partial charge in [0.15, 0.2) is 0 Å². The summed E-state index contributed by atoms with van der Waals surface area (Å²) in [6, 6.07) is 9.52. The molecular weight excluding hydrogens is 360 g/mol. The third-order valence-electron chi connectivity index (χ3n) is 2.36. The first-order chi connectivity index (χ1) is 8.66. The molecule has 0 aliphatic carbocycles. The van der Waals surface area contributed by atoms with E-state index in [1.807, 2.05) is 24.3 Å². The summed E-state index contributed by atoms with van der Waals surface area (Å²) < 4.78 is 1.77. The molecule has 0 unspecified atom stereocenters. The lowest BCUT2D eigenvalue weighted by molar-refractivity contribution is 0.0950. The van der Waals surface area contributed by atoms with Gasteiger partial charge in [-0.2, -0.15) is 0 Å². The molecule has 0 spiro atoms. The first-order valence-corrected chi connectivity index (χ1v) is 6.87. The molecule has 0 atom stereocenters. The van der Waals surface area contributed by atoms with Crippen LogP contribution in [0.25, 0.3) is 0 Å². The number of benzene rings is 1. The molecule has 1 N–H and O–H groups in total. The molecule has 3 nitrogen and oxygen atoms in total. The zero-order chi connectivity index (χ0) is 13.0. The van der Waals surface area contributed by atoms with Crippen molar-refractivity contribution < 1.29 is 4.79 Å². The number of hydrogen-bond acceptors (Lipinski definition) is 2. The average molecular weight is 370 g/mol. The Bertz CT molecular complexity index is 572. The molecule has 0 radical (unpaired) electrons. The number of rotatable bonds is 3. The molecule has 0 saturated heterocycles. The minimum atomic E-state index is -0.139. The van der Waals surface area contributed by atoms with E-state index >= 15 is 0 Å². The maximum Gasteiger partial charge on any atom is 0.253 e. The predicted octanol–water partition coefficient (Wildman–Crippen LogP) is 3.54. The third-order valence-corrected chi connectivity index (χ3v) is 3.57. The number of amides is 1. The molecule has 2 aromatic rings. The largest absolute Gasteiger partial charge is 0.348 e. The van der Waals surface area contributed by atoms with Crippen LogP contribution in [0.2, 0.25) is 0 Å². The number of halogens is 2. The highest BCUT2D eigenvalue weighted by Crippen LogP contribution is 2.15. The van der Waals surface area contributed by atoms with Crippen LogP contribution in [0.5, 0.6) is 0 Å². The number of nitrogens with zero attached hydrogens (tertiary/aromatic N) is 1. The lowest BCUT2D eigenvalue weighted by Crippen LogP contribution is -2.23. The van der Waals surface area contributed by atoms with Crippen molar-refractivity contribution in [1.29, 1.82) is 0 Å². The Balaban J connectivity index is 2.03. The van der Waals surface area contributed by atoms with E-state index in [0.29, 0.717) is 12.1 Å². The quantitative estimate of drug-likeness (QED) is 0.899. The van der Waals surface area contributed by atoms with Crippen molar-refractivity contribution in [2.45, 2.75) is 6.54 Å². The topological polar surface area (TPSA) is 42.0 Å². The van der Waals surface area contributed by atoms with E-state index in [0.717, 1.165) is 14.5 Å². The summed E-state index contributed by atoms with van der Waals surface area (Å²) in [5.41, 5.74) is 1.57. The zero-order valence-electron chi connectivity index (χ0n) is 9.36. The minimum absolute atomic E-state index is 0.139. The second-order valence-electron chi connectivity index (χ2n) is 3.67. The Kier molecular flexibility index (Phi) is 4.49. The van der Waals surface area contributed by atoms with Gasteiger partial charge in [0.25, 0.3) is 5.91 Å². The zero-order valence-corrected chi connectivity index (χ0v) is 12.5. The normalized spacial score (nSPS) is 10.1. The van der Waals surface area contributed by atoms with Crippen molar-refractivity contribution in [2.24, 2.45) is 0 Å². The number of aromatic nitrogens is 1. The van der Waals surface area contributed by atoms with Crippen molar-refractivity contribution in [3.05, 3.63) is 62.8 Å². The first kappa shape index (κ1) is 13.2. The second-order valence-corrected chi connectivity index (χ2v) is 5.44. The third kappa shape index (κ3) is 3.40. The van der Waals surface area contributed by atoms with Crippen molar-refractivity contribution in [1.82, 2.24) is 10.3 Å². The molecule has 1 amide bonds. The van der Waals surface area contributed by atoms with E-state index in [-0.39, 0.29) is 5.91 Å². The molecule has 0 aliphatic rings. The van der Waals surface area contributed by atoms with Crippen LogP contribution in [0.3, 0.4) is 0 Å². The summed E-state index contributed by atoms with van der Waals surface area (Å²) in [5, 5.41) is 2.85.